The van der Waals surface area contributed by atoms with E-state index in [1.807, 2.05) is 10.8 Å². The first-order chi connectivity index (χ1) is 10.1. The van der Waals surface area contributed by atoms with Gasteiger partial charge in [-0.15, -0.1) is 0 Å². The molecule has 1 aromatic heterocycles. The standard InChI is InChI=1S/C17H19FN2O/c1-13(2)17-19-8-9-20(17)12-15-7-6-14(11-16(15)18)5-3-4-10-21/h6-9,11,13,21H,4,10,12H2,1-2H3. The highest BCUT2D eigenvalue weighted by atomic mass is 19.1. The van der Waals surface area contributed by atoms with Gasteiger partial charge in [0.2, 0.25) is 0 Å². The van der Waals surface area contributed by atoms with Crippen LogP contribution in [0.5, 0.6) is 0 Å². The van der Waals surface area contributed by atoms with Crippen molar-refractivity contribution in [2.75, 3.05) is 6.61 Å². The molecule has 0 atom stereocenters. The smallest absolute Gasteiger partial charge is 0.129 e. The third-order valence-corrected chi connectivity index (χ3v) is 3.13. The fourth-order valence-corrected chi connectivity index (χ4v) is 2.11. The van der Waals surface area contributed by atoms with Crippen LogP contribution >= 0.6 is 0 Å². The predicted octanol–water partition coefficient (Wildman–Crippen LogP) is 2.93. The third kappa shape index (κ3) is 3.93. The van der Waals surface area contributed by atoms with Crippen LogP contribution in [0.1, 0.15) is 43.1 Å². The molecule has 0 amide bonds. The summed E-state index contributed by atoms with van der Waals surface area (Å²) in [4.78, 5) is 4.30. The zero-order valence-corrected chi connectivity index (χ0v) is 12.3. The molecule has 0 fully saturated rings. The second kappa shape index (κ2) is 7.05. The van der Waals surface area contributed by atoms with E-state index in [-0.39, 0.29) is 12.4 Å². The Morgan fingerprint density at radius 1 is 1.38 bits per heavy atom. The van der Waals surface area contributed by atoms with Gasteiger partial charge in [0, 0.05) is 35.9 Å². The number of hydrogen-bond acceptors (Lipinski definition) is 2. The molecule has 1 heterocycles. The molecule has 0 saturated carbocycles. The Hall–Kier alpha value is -2.12. The molecule has 0 aliphatic carbocycles. The van der Waals surface area contributed by atoms with Crippen molar-refractivity contribution in [1.29, 1.82) is 0 Å². The van der Waals surface area contributed by atoms with Gasteiger partial charge in [-0.3, -0.25) is 0 Å². The minimum absolute atomic E-state index is 0.0200. The lowest BCUT2D eigenvalue weighted by Gasteiger charge is -2.11. The molecule has 21 heavy (non-hydrogen) atoms. The van der Waals surface area contributed by atoms with E-state index in [1.165, 1.54) is 6.07 Å². The first-order valence-corrected chi connectivity index (χ1v) is 7.01. The molecule has 1 N–H and O–H groups in total. The van der Waals surface area contributed by atoms with E-state index in [9.17, 15) is 4.39 Å². The number of aromatic nitrogens is 2. The normalized spacial score (nSPS) is 10.5. The lowest BCUT2D eigenvalue weighted by atomic mass is 10.1. The van der Waals surface area contributed by atoms with Gasteiger partial charge < -0.3 is 9.67 Å². The van der Waals surface area contributed by atoms with Crippen molar-refractivity contribution in [2.45, 2.75) is 32.7 Å². The molecule has 3 nitrogen and oxygen atoms in total. The highest BCUT2D eigenvalue weighted by Gasteiger charge is 2.10. The van der Waals surface area contributed by atoms with Crippen LogP contribution in [-0.4, -0.2) is 21.3 Å². The molecule has 0 saturated heterocycles. The van der Waals surface area contributed by atoms with E-state index in [4.69, 9.17) is 5.11 Å². The van der Waals surface area contributed by atoms with Crippen molar-refractivity contribution in [2.24, 2.45) is 0 Å². The van der Waals surface area contributed by atoms with Crippen molar-refractivity contribution < 1.29 is 9.50 Å². The molecule has 0 aliphatic rings. The van der Waals surface area contributed by atoms with E-state index in [0.717, 1.165) is 5.82 Å². The molecule has 4 heteroatoms. The molecule has 1 aromatic carbocycles. The first-order valence-electron chi connectivity index (χ1n) is 7.01. The van der Waals surface area contributed by atoms with Crippen molar-refractivity contribution >= 4 is 0 Å². The summed E-state index contributed by atoms with van der Waals surface area (Å²) < 4.78 is 16.1. The maximum Gasteiger partial charge on any atom is 0.129 e. The van der Waals surface area contributed by atoms with E-state index >= 15 is 0 Å². The van der Waals surface area contributed by atoms with Crippen molar-refractivity contribution in [1.82, 2.24) is 9.55 Å². The molecule has 2 aromatic rings. The topological polar surface area (TPSA) is 38.0 Å². The number of aliphatic hydroxyl groups is 1. The Morgan fingerprint density at radius 2 is 2.19 bits per heavy atom. The summed E-state index contributed by atoms with van der Waals surface area (Å²) in [6.07, 6.45) is 4.00. The number of halogens is 1. The first kappa shape index (κ1) is 15.3. The van der Waals surface area contributed by atoms with Crippen LogP contribution in [0, 0.1) is 17.7 Å². The van der Waals surface area contributed by atoms with Crippen LogP contribution in [-0.2, 0) is 6.54 Å². The molecule has 0 bridgehead atoms. The molecule has 0 spiro atoms. The lowest BCUT2D eigenvalue weighted by molar-refractivity contribution is 0.305. The summed E-state index contributed by atoms with van der Waals surface area (Å²) in [5.41, 5.74) is 1.24. The van der Waals surface area contributed by atoms with Crippen LogP contribution in [0.15, 0.2) is 30.6 Å². The molecule has 0 radical (unpaired) electrons. The quantitative estimate of drug-likeness (QED) is 0.878. The SMILES string of the molecule is CC(C)c1nccn1Cc1ccc(C#CCCO)cc1F. The van der Waals surface area contributed by atoms with Gasteiger partial charge in [-0.05, 0) is 12.1 Å². The molecule has 0 unspecified atom stereocenters. The Balaban J connectivity index is 2.18. The summed E-state index contributed by atoms with van der Waals surface area (Å²) in [6, 6.07) is 4.99. The van der Waals surface area contributed by atoms with Crippen LogP contribution in [0.2, 0.25) is 0 Å². The van der Waals surface area contributed by atoms with Crippen molar-refractivity contribution in [3.8, 4) is 11.8 Å². The van der Waals surface area contributed by atoms with E-state index in [1.54, 1.807) is 18.3 Å². The fraction of sp³-hybridized carbons (Fsp3) is 0.353. The van der Waals surface area contributed by atoms with Crippen molar-refractivity contribution in [3.05, 3.63) is 53.4 Å². The van der Waals surface area contributed by atoms with Crippen LogP contribution in [0.25, 0.3) is 0 Å². The van der Waals surface area contributed by atoms with Crippen LogP contribution < -0.4 is 0 Å². The van der Waals surface area contributed by atoms with E-state index < -0.39 is 0 Å². The summed E-state index contributed by atoms with van der Waals surface area (Å²) in [7, 11) is 0. The average Bonchev–Trinajstić information content (AvgIpc) is 2.90. The van der Waals surface area contributed by atoms with E-state index in [2.05, 4.69) is 30.7 Å². The molecule has 0 aliphatic heterocycles. The predicted molar refractivity (Wildman–Crippen MR) is 80.4 cm³/mol. The number of hydrogen-bond donors (Lipinski definition) is 1. The van der Waals surface area contributed by atoms with Gasteiger partial charge in [-0.25, -0.2) is 9.37 Å². The van der Waals surface area contributed by atoms with Gasteiger partial charge >= 0.3 is 0 Å². The molecule has 2 rings (SSSR count). The van der Waals surface area contributed by atoms with Gasteiger partial charge in [0.15, 0.2) is 0 Å². The number of benzene rings is 1. The highest BCUT2D eigenvalue weighted by molar-refractivity contribution is 5.37. The maximum absolute atomic E-state index is 14.1. The van der Waals surface area contributed by atoms with Gasteiger partial charge in [0.25, 0.3) is 0 Å². The number of nitrogens with zero attached hydrogens (tertiary/aromatic N) is 2. The molecular formula is C17H19FN2O. The second-order valence-corrected chi connectivity index (χ2v) is 5.15. The zero-order valence-electron chi connectivity index (χ0n) is 12.3. The van der Waals surface area contributed by atoms with Gasteiger partial charge in [-0.1, -0.05) is 31.8 Å². The second-order valence-electron chi connectivity index (χ2n) is 5.15. The summed E-state index contributed by atoms with van der Waals surface area (Å²) in [5.74, 6) is 6.59. The minimum atomic E-state index is -0.269. The Bertz CT molecular complexity index is 665. The largest absolute Gasteiger partial charge is 0.395 e. The van der Waals surface area contributed by atoms with Gasteiger partial charge in [-0.2, -0.15) is 0 Å². The fourth-order valence-electron chi connectivity index (χ4n) is 2.11. The van der Waals surface area contributed by atoms with Gasteiger partial charge in [0.1, 0.15) is 11.6 Å². The van der Waals surface area contributed by atoms with Crippen molar-refractivity contribution in [3.63, 3.8) is 0 Å². The number of aliphatic hydroxyl groups excluding tert-OH is 1. The Labute approximate surface area is 124 Å². The average molecular weight is 286 g/mol. The summed E-state index contributed by atoms with van der Waals surface area (Å²) >= 11 is 0. The number of imidazole rings is 1. The summed E-state index contributed by atoms with van der Waals surface area (Å²) in [5, 5.41) is 8.67. The molecule has 110 valence electrons. The Kier molecular flexibility index (Phi) is 5.13. The van der Waals surface area contributed by atoms with Gasteiger partial charge in [0.05, 0.1) is 13.2 Å². The Morgan fingerprint density at radius 3 is 2.86 bits per heavy atom. The summed E-state index contributed by atoms with van der Waals surface area (Å²) in [6.45, 7) is 4.61. The monoisotopic (exact) mass is 286 g/mol. The molecular weight excluding hydrogens is 267 g/mol. The van der Waals surface area contributed by atoms with E-state index in [0.29, 0.717) is 30.0 Å². The highest BCUT2D eigenvalue weighted by Crippen LogP contribution is 2.16. The van der Waals surface area contributed by atoms with Crippen LogP contribution in [0.3, 0.4) is 0 Å². The van der Waals surface area contributed by atoms with Crippen LogP contribution in [0.4, 0.5) is 4.39 Å². The third-order valence-electron chi connectivity index (χ3n) is 3.13. The minimum Gasteiger partial charge on any atom is -0.395 e. The lowest BCUT2D eigenvalue weighted by Crippen LogP contribution is -2.07. The zero-order chi connectivity index (χ0) is 15.2. The number of rotatable bonds is 4. The maximum atomic E-state index is 14.1.